The smallest absolute Gasteiger partial charge is 0.345 e. The van der Waals surface area contributed by atoms with Gasteiger partial charge in [-0.3, -0.25) is 0 Å². The lowest BCUT2D eigenvalue weighted by molar-refractivity contribution is 0.0520. The van der Waals surface area contributed by atoms with Gasteiger partial charge in [0.25, 0.3) is 0 Å². The summed E-state index contributed by atoms with van der Waals surface area (Å²) in [7, 11) is 0. The van der Waals surface area contributed by atoms with Gasteiger partial charge >= 0.3 is 5.97 Å². The number of hydrogen-bond donors (Lipinski definition) is 0. The minimum absolute atomic E-state index is 0.00212. The van der Waals surface area contributed by atoms with Gasteiger partial charge in [-0.2, -0.15) is 5.10 Å². The first-order valence-electron chi connectivity index (χ1n) is 8.05. The van der Waals surface area contributed by atoms with Crippen molar-refractivity contribution in [3.63, 3.8) is 0 Å². The molecule has 1 fully saturated rings. The summed E-state index contributed by atoms with van der Waals surface area (Å²) in [5.41, 5.74) is 0.155. The molecule has 2 heterocycles. The molecule has 0 bridgehead atoms. The average molecular weight is 369 g/mol. The number of carbonyl (C=O) groups is 1. The summed E-state index contributed by atoms with van der Waals surface area (Å²) in [5, 5.41) is 4.53. The van der Waals surface area contributed by atoms with Crippen molar-refractivity contribution in [2.24, 2.45) is 0 Å². The van der Waals surface area contributed by atoms with Crippen LogP contribution >= 0.6 is 11.6 Å². The van der Waals surface area contributed by atoms with Crippen molar-refractivity contribution in [3.8, 4) is 11.6 Å². The highest BCUT2D eigenvalue weighted by molar-refractivity contribution is 6.30. The highest BCUT2D eigenvalue weighted by Crippen LogP contribution is 2.33. The van der Waals surface area contributed by atoms with Crippen molar-refractivity contribution < 1.29 is 23.4 Å². The number of aromatic nitrogens is 2. The average Bonchev–Trinajstić information content (AvgIpc) is 3.02. The van der Waals surface area contributed by atoms with Crippen LogP contribution in [0.2, 0.25) is 5.02 Å². The van der Waals surface area contributed by atoms with Gasteiger partial charge in [0.2, 0.25) is 5.88 Å². The summed E-state index contributed by atoms with van der Waals surface area (Å²) >= 11 is 5.77. The van der Waals surface area contributed by atoms with E-state index in [4.69, 9.17) is 25.8 Å². The van der Waals surface area contributed by atoms with E-state index in [2.05, 4.69) is 5.10 Å². The van der Waals surface area contributed by atoms with E-state index in [-0.39, 0.29) is 34.9 Å². The number of halogens is 2. The minimum Gasteiger partial charge on any atom is -0.462 e. The predicted octanol–water partition coefficient (Wildman–Crippen LogP) is 4.00. The molecule has 0 N–H and O–H groups in total. The van der Waals surface area contributed by atoms with Crippen molar-refractivity contribution in [1.82, 2.24) is 9.78 Å². The molecule has 25 heavy (non-hydrogen) atoms. The molecule has 8 heteroatoms. The highest BCUT2D eigenvalue weighted by Gasteiger charge is 2.27. The number of rotatable bonds is 5. The Morgan fingerprint density at radius 3 is 2.88 bits per heavy atom. The molecule has 0 aliphatic carbocycles. The second-order valence-corrected chi connectivity index (χ2v) is 5.99. The first-order chi connectivity index (χ1) is 12.1. The van der Waals surface area contributed by atoms with Gasteiger partial charge in [-0.25, -0.2) is 13.9 Å². The van der Waals surface area contributed by atoms with Crippen molar-refractivity contribution in [3.05, 3.63) is 40.8 Å². The van der Waals surface area contributed by atoms with E-state index >= 15 is 0 Å². The summed E-state index contributed by atoms with van der Waals surface area (Å²) in [6.07, 6.45) is 2.84. The van der Waals surface area contributed by atoms with Gasteiger partial charge in [0.1, 0.15) is 5.56 Å². The zero-order chi connectivity index (χ0) is 17.8. The van der Waals surface area contributed by atoms with Crippen molar-refractivity contribution in [2.75, 3.05) is 19.8 Å². The molecule has 3 rings (SSSR count). The lowest BCUT2D eigenvalue weighted by Crippen LogP contribution is -2.21. The topological polar surface area (TPSA) is 62.6 Å². The number of nitrogens with zero attached hydrogens (tertiary/aromatic N) is 2. The SMILES string of the molecule is CCOC(=O)c1cnn(C2CCOCC2)c1Oc1ccc(Cl)cc1F. The monoisotopic (exact) mass is 368 g/mol. The fraction of sp³-hybridized carbons (Fsp3) is 0.412. The van der Waals surface area contributed by atoms with Crippen LogP contribution in [0.15, 0.2) is 24.4 Å². The van der Waals surface area contributed by atoms with E-state index in [1.807, 2.05) is 0 Å². The molecule has 1 aromatic heterocycles. The van der Waals surface area contributed by atoms with Gasteiger partial charge in [0, 0.05) is 18.2 Å². The van der Waals surface area contributed by atoms with E-state index in [1.165, 1.54) is 18.3 Å². The van der Waals surface area contributed by atoms with Gasteiger partial charge in [0.15, 0.2) is 11.6 Å². The normalized spacial score (nSPS) is 15.2. The first-order valence-corrected chi connectivity index (χ1v) is 8.43. The van der Waals surface area contributed by atoms with Crippen LogP contribution in [-0.2, 0) is 9.47 Å². The van der Waals surface area contributed by atoms with Crippen LogP contribution < -0.4 is 4.74 Å². The maximum atomic E-state index is 14.1. The molecular formula is C17H18ClFN2O4. The summed E-state index contributed by atoms with van der Waals surface area (Å²) < 4.78 is 31.8. The third-order valence-electron chi connectivity index (χ3n) is 3.88. The van der Waals surface area contributed by atoms with Crippen molar-refractivity contribution >= 4 is 17.6 Å². The fourth-order valence-electron chi connectivity index (χ4n) is 2.65. The Morgan fingerprint density at radius 1 is 1.44 bits per heavy atom. The number of carbonyl (C=O) groups excluding carboxylic acids is 1. The summed E-state index contributed by atoms with van der Waals surface area (Å²) in [4.78, 5) is 12.2. The Balaban J connectivity index is 1.97. The maximum Gasteiger partial charge on any atom is 0.345 e. The van der Waals surface area contributed by atoms with Gasteiger partial charge in [-0.05, 0) is 38.0 Å². The van der Waals surface area contributed by atoms with Crippen LogP contribution in [0.4, 0.5) is 4.39 Å². The molecule has 0 saturated carbocycles. The van der Waals surface area contributed by atoms with Crippen LogP contribution in [0.5, 0.6) is 11.6 Å². The van der Waals surface area contributed by atoms with Gasteiger partial charge in [-0.1, -0.05) is 11.6 Å². The number of benzene rings is 1. The molecule has 1 aliphatic rings. The number of esters is 1. The van der Waals surface area contributed by atoms with Crippen LogP contribution in [0.25, 0.3) is 0 Å². The van der Waals surface area contributed by atoms with E-state index in [0.717, 1.165) is 18.9 Å². The highest BCUT2D eigenvalue weighted by atomic mass is 35.5. The van der Waals surface area contributed by atoms with Gasteiger partial charge in [-0.15, -0.1) is 0 Å². The van der Waals surface area contributed by atoms with Crippen LogP contribution in [0.3, 0.4) is 0 Å². The summed E-state index contributed by atoms with van der Waals surface area (Å²) in [6.45, 7) is 3.11. The van der Waals surface area contributed by atoms with Crippen LogP contribution in [0.1, 0.15) is 36.2 Å². The Labute approximate surface area is 149 Å². The molecule has 0 unspecified atom stereocenters. The summed E-state index contributed by atoms with van der Waals surface area (Å²) in [6, 6.07) is 4.07. The fourth-order valence-corrected chi connectivity index (χ4v) is 2.81. The quantitative estimate of drug-likeness (QED) is 0.746. The van der Waals surface area contributed by atoms with E-state index < -0.39 is 11.8 Å². The molecule has 1 saturated heterocycles. The first kappa shape index (κ1) is 17.7. The van der Waals surface area contributed by atoms with Crippen LogP contribution in [0, 0.1) is 5.82 Å². The Hall–Kier alpha value is -2.12. The third kappa shape index (κ3) is 3.93. The molecular weight excluding hydrogens is 351 g/mol. The van der Waals surface area contributed by atoms with E-state index in [1.54, 1.807) is 11.6 Å². The maximum absolute atomic E-state index is 14.1. The number of ether oxygens (including phenoxy) is 3. The van der Waals surface area contributed by atoms with Crippen molar-refractivity contribution in [2.45, 2.75) is 25.8 Å². The Kier molecular flexibility index (Phi) is 5.55. The third-order valence-corrected chi connectivity index (χ3v) is 4.12. The lowest BCUT2D eigenvalue weighted by Gasteiger charge is -2.24. The predicted molar refractivity (Wildman–Crippen MR) is 88.8 cm³/mol. The molecule has 0 radical (unpaired) electrons. The molecule has 1 aromatic carbocycles. The second kappa shape index (κ2) is 7.84. The second-order valence-electron chi connectivity index (χ2n) is 5.55. The molecule has 0 amide bonds. The summed E-state index contributed by atoms with van der Waals surface area (Å²) in [5.74, 6) is -1.07. The molecule has 1 aliphatic heterocycles. The molecule has 2 aromatic rings. The largest absolute Gasteiger partial charge is 0.462 e. The van der Waals surface area contributed by atoms with E-state index in [9.17, 15) is 9.18 Å². The van der Waals surface area contributed by atoms with Gasteiger partial charge in [0.05, 0.1) is 18.8 Å². The molecule has 134 valence electrons. The zero-order valence-corrected chi connectivity index (χ0v) is 14.5. The van der Waals surface area contributed by atoms with E-state index in [0.29, 0.717) is 13.2 Å². The zero-order valence-electron chi connectivity index (χ0n) is 13.7. The van der Waals surface area contributed by atoms with Crippen molar-refractivity contribution in [1.29, 1.82) is 0 Å². The minimum atomic E-state index is -0.623. The Morgan fingerprint density at radius 2 is 2.20 bits per heavy atom. The molecule has 0 atom stereocenters. The van der Waals surface area contributed by atoms with Crippen LogP contribution in [-0.4, -0.2) is 35.6 Å². The standard InChI is InChI=1S/C17H18ClFN2O4/c1-2-24-17(22)13-10-20-21(12-5-7-23-8-6-12)16(13)25-15-4-3-11(18)9-14(15)19/h3-4,9-10,12H,2,5-8H2,1H3. The molecule has 6 nitrogen and oxygen atoms in total. The van der Waals surface area contributed by atoms with Gasteiger partial charge < -0.3 is 14.2 Å². The lowest BCUT2D eigenvalue weighted by atomic mass is 10.1. The Bertz CT molecular complexity index is 759. The molecule has 0 spiro atoms. The number of hydrogen-bond acceptors (Lipinski definition) is 5.